The van der Waals surface area contributed by atoms with Gasteiger partial charge < -0.3 is 14.5 Å². The first-order valence-corrected chi connectivity index (χ1v) is 5.47. The zero-order valence-electron chi connectivity index (χ0n) is 9.62. The Hall–Kier alpha value is -1.55. The van der Waals surface area contributed by atoms with Gasteiger partial charge in [-0.2, -0.15) is 0 Å². The summed E-state index contributed by atoms with van der Waals surface area (Å²) < 4.78 is 10.7. The summed E-state index contributed by atoms with van der Waals surface area (Å²) in [4.78, 5) is 4.38. The van der Waals surface area contributed by atoms with E-state index in [1.807, 2.05) is 18.2 Å². The zero-order valence-corrected chi connectivity index (χ0v) is 9.62. The molecule has 1 aromatic carbocycles. The third-order valence-corrected chi connectivity index (χ3v) is 2.34. The van der Waals surface area contributed by atoms with Crippen molar-refractivity contribution in [2.24, 2.45) is 0 Å². The second kappa shape index (κ2) is 4.99. The highest BCUT2D eigenvalue weighted by atomic mass is 16.5. The van der Waals surface area contributed by atoms with Crippen molar-refractivity contribution in [2.45, 2.75) is 19.9 Å². The van der Waals surface area contributed by atoms with Crippen molar-refractivity contribution in [3.8, 4) is 5.75 Å². The van der Waals surface area contributed by atoms with Crippen LogP contribution in [0.25, 0.3) is 11.1 Å². The molecule has 0 radical (unpaired) electrons. The van der Waals surface area contributed by atoms with Crippen LogP contribution < -0.4 is 10.1 Å². The minimum atomic E-state index is 0.671. The lowest BCUT2D eigenvalue weighted by molar-refractivity contribution is 0.415. The third-order valence-electron chi connectivity index (χ3n) is 2.34. The quantitative estimate of drug-likeness (QED) is 0.786. The first kappa shape index (κ1) is 11.0. The van der Waals surface area contributed by atoms with E-state index < -0.39 is 0 Å². The molecule has 0 aliphatic rings. The molecule has 1 N–H and O–H groups in total. The van der Waals surface area contributed by atoms with Gasteiger partial charge in [-0.1, -0.05) is 6.92 Å². The summed E-state index contributed by atoms with van der Waals surface area (Å²) in [5.41, 5.74) is 1.64. The summed E-state index contributed by atoms with van der Waals surface area (Å²) in [6.45, 7) is 3.77. The van der Waals surface area contributed by atoms with Gasteiger partial charge in [0.25, 0.3) is 0 Å². The highest BCUT2D eigenvalue weighted by Crippen LogP contribution is 2.21. The van der Waals surface area contributed by atoms with Crippen LogP contribution in [0.4, 0.5) is 0 Å². The predicted octanol–water partition coefficient (Wildman–Crippen LogP) is 2.34. The molecule has 2 rings (SSSR count). The van der Waals surface area contributed by atoms with Crippen molar-refractivity contribution in [2.75, 3.05) is 13.7 Å². The summed E-state index contributed by atoms with van der Waals surface area (Å²) in [6.07, 6.45) is 1.11. The molecule has 1 heterocycles. The standard InChI is InChI=1S/C12H16N2O2/c1-3-6-13-8-12-14-10-7-9(15-2)4-5-11(10)16-12/h4-5,7,13H,3,6,8H2,1-2H3. The Morgan fingerprint density at radius 2 is 2.31 bits per heavy atom. The second-order valence-electron chi connectivity index (χ2n) is 3.62. The topological polar surface area (TPSA) is 47.3 Å². The maximum Gasteiger partial charge on any atom is 0.209 e. The van der Waals surface area contributed by atoms with E-state index in [1.165, 1.54) is 0 Å². The van der Waals surface area contributed by atoms with E-state index in [1.54, 1.807) is 7.11 Å². The van der Waals surface area contributed by atoms with Crippen LogP contribution in [0.2, 0.25) is 0 Å². The lowest BCUT2D eigenvalue weighted by Crippen LogP contribution is -2.13. The molecular formula is C12H16N2O2. The van der Waals surface area contributed by atoms with Crippen LogP contribution in [0.1, 0.15) is 19.2 Å². The summed E-state index contributed by atoms with van der Waals surface area (Å²) in [5, 5.41) is 3.25. The van der Waals surface area contributed by atoms with Crippen molar-refractivity contribution in [1.82, 2.24) is 10.3 Å². The van der Waals surface area contributed by atoms with Crippen LogP contribution >= 0.6 is 0 Å². The molecule has 0 atom stereocenters. The molecule has 0 saturated carbocycles. The molecule has 0 aliphatic heterocycles. The van der Waals surface area contributed by atoms with Gasteiger partial charge in [0.1, 0.15) is 11.3 Å². The van der Waals surface area contributed by atoms with Crippen LogP contribution in [0.3, 0.4) is 0 Å². The molecule has 0 unspecified atom stereocenters. The minimum absolute atomic E-state index is 0.671. The monoisotopic (exact) mass is 220 g/mol. The Labute approximate surface area is 94.6 Å². The van der Waals surface area contributed by atoms with Gasteiger partial charge in [0.05, 0.1) is 13.7 Å². The molecule has 2 aromatic rings. The van der Waals surface area contributed by atoms with Crippen molar-refractivity contribution < 1.29 is 9.15 Å². The number of rotatable bonds is 5. The number of methoxy groups -OCH3 is 1. The molecule has 16 heavy (non-hydrogen) atoms. The van der Waals surface area contributed by atoms with Crippen LogP contribution in [0.15, 0.2) is 22.6 Å². The first-order chi connectivity index (χ1) is 7.83. The van der Waals surface area contributed by atoms with Crippen LogP contribution in [-0.2, 0) is 6.54 Å². The lowest BCUT2D eigenvalue weighted by Gasteiger charge is -1.96. The van der Waals surface area contributed by atoms with E-state index in [0.717, 1.165) is 35.7 Å². The number of ether oxygens (including phenoxy) is 1. The average Bonchev–Trinajstić information content (AvgIpc) is 2.70. The Kier molecular flexibility index (Phi) is 3.41. The molecule has 0 bridgehead atoms. The molecule has 4 nitrogen and oxygen atoms in total. The Morgan fingerprint density at radius 1 is 1.44 bits per heavy atom. The summed E-state index contributed by atoms with van der Waals surface area (Å²) >= 11 is 0. The zero-order chi connectivity index (χ0) is 11.4. The summed E-state index contributed by atoms with van der Waals surface area (Å²) in [6, 6.07) is 5.63. The van der Waals surface area contributed by atoms with Gasteiger partial charge in [0.15, 0.2) is 5.58 Å². The Bertz CT molecular complexity index is 465. The second-order valence-corrected chi connectivity index (χ2v) is 3.62. The van der Waals surface area contributed by atoms with Gasteiger partial charge in [0, 0.05) is 6.07 Å². The minimum Gasteiger partial charge on any atom is -0.497 e. The molecule has 0 fully saturated rings. The van der Waals surface area contributed by atoms with Crippen LogP contribution in [-0.4, -0.2) is 18.6 Å². The maximum absolute atomic E-state index is 5.58. The van der Waals surface area contributed by atoms with E-state index >= 15 is 0 Å². The fourth-order valence-corrected chi connectivity index (χ4v) is 1.53. The van der Waals surface area contributed by atoms with E-state index in [9.17, 15) is 0 Å². The van der Waals surface area contributed by atoms with E-state index in [-0.39, 0.29) is 0 Å². The molecule has 1 aromatic heterocycles. The fraction of sp³-hybridized carbons (Fsp3) is 0.417. The SMILES string of the molecule is CCCNCc1nc2cc(OC)ccc2o1. The molecule has 0 aliphatic carbocycles. The summed E-state index contributed by atoms with van der Waals surface area (Å²) in [7, 11) is 1.64. The molecular weight excluding hydrogens is 204 g/mol. The number of hydrogen-bond acceptors (Lipinski definition) is 4. The number of fused-ring (bicyclic) bond motifs is 1. The first-order valence-electron chi connectivity index (χ1n) is 5.47. The number of nitrogens with one attached hydrogen (secondary N) is 1. The van der Waals surface area contributed by atoms with Gasteiger partial charge in [-0.05, 0) is 25.1 Å². The lowest BCUT2D eigenvalue weighted by atomic mass is 10.3. The van der Waals surface area contributed by atoms with Gasteiger partial charge in [-0.3, -0.25) is 0 Å². The van der Waals surface area contributed by atoms with Crippen LogP contribution in [0.5, 0.6) is 5.75 Å². The number of hydrogen-bond donors (Lipinski definition) is 1. The number of aromatic nitrogens is 1. The Morgan fingerprint density at radius 3 is 3.06 bits per heavy atom. The largest absolute Gasteiger partial charge is 0.497 e. The maximum atomic E-state index is 5.58. The van der Waals surface area contributed by atoms with E-state index in [4.69, 9.17) is 9.15 Å². The van der Waals surface area contributed by atoms with E-state index in [0.29, 0.717) is 6.54 Å². The van der Waals surface area contributed by atoms with Gasteiger partial charge >= 0.3 is 0 Å². The Balaban J connectivity index is 2.16. The third kappa shape index (κ3) is 2.33. The van der Waals surface area contributed by atoms with Crippen LogP contribution in [0, 0.1) is 0 Å². The number of benzene rings is 1. The predicted molar refractivity (Wildman–Crippen MR) is 62.6 cm³/mol. The molecule has 0 amide bonds. The highest BCUT2D eigenvalue weighted by molar-refractivity contribution is 5.74. The van der Waals surface area contributed by atoms with Gasteiger partial charge in [-0.15, -0.1) is 0 Å². The number of nitrogens with zero attached hydrogens (tertiary/aromatic N) is 1. The normalized spacial score (nSPS) is 10.9. The van der Waals surface area contributed by atoms with Crippen molar-refractivity contribution in [3.63, 3.8) is 0 Å². The summed E-state index contributed by atoms with van der Waals surface area (Å²) in [5.74, 6) is 1.52. The molecule has 86 valence electrons. The van der Waals surface area contributed by atoms with Crippen molar-refractivity contribution >= 4 is 11.1 Å². The van der Waals surface area contributed by atoms with Crippen molar-refractivity contribution in [1.29, 1.82) is 0 Å². The van der Waals surface area contributed by atoms with Gasteiger partial charge in [0.2, 0.25) is 5.89 Å². The molecule has 0 saturated heterocycles. The molecule has 4 heteroatoms. The highest BCUT2D eigenvalue weighted by Gasteiger charge is 2.05. The smallest absolute Gasteiger partial charge is 0.209 e. The van der Waals surface area contributed by atoms with Gasteiger partial charge in [-0.25, -0.2) is 4.98 Å². The molecule has 0 spiro atoms. The van der Waals surface area contributed by atoms with Crippen molar-refractivity contribution in [3.05, 3.63) is 24.1 Å². The van der Waals surface area contributed by atoms with E-state index in [2.05, 4.69) is 17.2 Å². The fourth-order valence-electron chi connectivity index (χ4n) is 1.53. The number of oxazole rings is 1. The average molecular weight is 220 g/mol.